The van der Waals surface area contributed by atoms with Crippen molar-refractivity contribution in [2.75, 3.05) is 0 Å². The van der Waals surface area contributed by atoms with Gasteiger partial charge in [0.05, 0.1) is 0 Å². The molecule has 2 nitrogen and oxygen atoms in total. The lowest BCUT2D eigenvalue weighted by atomic mass is 10.0. The zero-order valence-corrected chi connectivity index (χ0v) is 9.01. The van der Waals surface area contributed by atoms with Gasteiger partial charge >= 0.3 is 6.18 Å². The van der Waals surface area contributed by atoms with Crippen molar-refractivity contribution >= 4 is 0 Å². The largest absolute Gasteiger partial charge is 0.389 e. The van der Waals surface area contributed by atoms with Crippen LogP contribution < -0.4 is 11.3 Å². The quantitative estimate of drug-likeness (QED) is 0.618. The molecule has 0 bridgehead atoms. The summed E-state index contributed by atoms with van der Waals surface area (Å²) in [6.07, 6.45) is -5.03. The van der Waals surface area contributed by atoms with Crippen molar-refractivity contribution in [3.8, 4) is 0 Å². The van der Waals surface area contributed by atoms with E-state index in [-0.39, 0.29) is 6.42 Å². The fourth-order valence-electron chi connectivity index (χ4n) is 1.54. The first kappa shape index (κ1) is 13.0. The molecule has 1 atom stereocenters. The van der Waals surface area contributed by atoms with E-state index >= 15 is 0 Å². The molecule has 1 unspecified atom stereocenters. The number of benzene rings is 1. The van der Waals surface area contributed by atoms with Crippen LogP contribution >= 0.6 is 0 Å². The number of rotatable bonds is 4. The average Bonchev–Trinajstić information content (AvgIpc) is 2.17. The molecule has 5 heteroatoms. The third-order valence-electron chi connectivity index (χ3n) is 2.36. The highest BCUT2D eigenvalue weighted by atomic mass is 19.4. The van der Waals surface area contributed by atoms with Crippen LogP contribution in [0.15, 0.2) is 24.3 Å². The Hall–Kier alpha value is -1.07. The van der Waals surface area contributed by atoms with Crippen LogP contribution in [0.1, 0.15) is 30.0 Å². The normalized spacial score (nSPS) is 13.8. The van der Waals surface area contributed by atoms with E-state index in [2.05, 4.69) is 5.43 Å². The van der Waals surface area contributed by atoms with Crippen molar-refractivity contribution in [2.45, 2.75) is 32.0 Å². The van der Waals surface area contributed by atoms with Gasteiger partial charge in [0.2, 0.25) is 0 Å². The van der Waals surface area contributed by atoms with E-state index in [1.54, 1.807) is 6.07 Å². The summed E-state index contributed by atoms with van der Waals surface area (Å²) in [5.41, 5.74) is 4.21. The molecule has 0 radical (unpaired) electrons. The van der Waals surface area contributed by atoms with Crippen LogP contribution in [-0.4, -0.2) is 6.18 Å². The summed E-state index contributed by atoms with van der Waals surface area (Å²) in [4.78, 5) is 0. The standard InChI is InChI=1S/C11H15F3N2/c1-8-3-2-4-9(7-8)10(16-15)5-6-11(12,13)14/h2-4,7,10,16H,5-6,15H2,1H3. The first-order valence-electron chi connectivity index (χ1n) is 5.02. The van der Waals surface area contributed by atoms with Gasteiger partial charge in [0.1, 0.15) is 0 Å². The lowest BCUT2D eigenvalue weighted by Crippen LogP contribution is -2.29. The second-order valence-corrected chi connectivity index (χ2v) is 3.79. The van der Waals surface area contributed by atoms with E-state index in [0.29, 0.717) is 0 Å². The van der Waals surface area contributed by atoms with E-state index in [1.165, 1.54) is 0 Å². The topological polar surface area (TPSA) is 38.0 Å². The summed E-state index contributed by atoms with van der Waals surface area (Å²) >= 11 is 0. The Bertz CT molecular complexity index is 336. The first-order valence-corrected chi connectivity index (χ1v) is 5.02. The van der Waals surface area contributed by atoms with Crippen LogP contribution in [0, 0.1) is 6.92 Å². The SMILES string of the molecule is Cc1cccc(C(CCC(F)(F)F)NN)c1. The summed E-state index contributed by atoms with van der Waals surface area (Å²) in [6.45, 7) is 1.89. The highest BCUT2D eigenvalue weighted by Crippen LogP contribution is 2.27. The molecule has 1 rings (SSSR count). The number of nitrogens with two attached hydrogens (primary N) is 1. The lowest BCUT2D eigenvalue weighted by molar-refractivity contribution is -0.136. The molecule has 0 spiro atoms. The molecule has 90 valence electrons. The number of alkyl halides is 3. The van der Waals surface area contributed by atoms with Gasteiger partial charge in [-0.15, -0.1) is 0 Å². The Morgan fingerprint density at radius 2 is 2.06 bits per heavy atom. The molecule has 1 aromatic rings. The molecule has 16 heavy (non-hydrogen) atoms. The molecule has 0 aliphatic heterocycles. The minimum atomic E-state index is -4.14. The van der Waals surface area contributed by atoms with Crippen molar-refractivity contribution in [3.63, 3.8) is 0 Å². The minimum Gasteiger partial charge on any atom is -0.271 e. The van der Waals surface area contributed by atoms with E-state index in [9.17, 15) is 13.2 Å². The zero-order valence-electron chi connectivity index (χ0n) is 9.01. The predicted molar refractivity (Wildman–Crippen MR) is 56.5 cm³/mol. The molecule has 0 saturated heterocycles. The summed E-state index contributed by atoms with van der Waals surface area (Å²) in [5.74, 6) is 5.27. The van der Waals surface area contributed by atoms with Crippen LogP contribution in [0.2, 0.25) is 0 Å². The summed E-state index contributed by atoms with van der Waals surface area (Å²) in [5, 5.41) is 0. The zero-order chi connectivity index (χ0) is 12.2. The van der Waals surface area contributed by atoms with Crippen LogP contribution in [0.25, 0.3) is 0 Å². The van der Waals surface area contributed by atoms with E-state index in [1.807, 2.05) is 25.1 Å². The highest BCUT2D eigenvalue weighted by molar-refractivity contribution is 5.24. The number of hydrogen-bond donors (Lipinski definition) is 2. The number of aryl methyl sites for hydroxylation is 1. The Morgan fingerprint density at radius 1 is 1.38 bits per heavy atom. The third kappa shape index (κ3) is 4.20. The smallest absolute Gasteiger partial charge is 0.271 e. The fourth-order valence-corrected chi connectivity index (χ4v) is 1.54. The molecule has 1 aromatic carbocycles. The van der Waals surface area contributed by atoms with Gasteiger partial charge in [-0.25, -0.2) is 0 Å². The van der Waals surface area contributed by atoms with Crippen LogP contribution in [0.4, 0.5) is 13.2 Å². The highest BCUT2D eigenvalue weighted by Gasteiger charge is 2.28. The molecule has 0 aromatic heterocycles. The number of halogens is 3. The van der Waals surface area contributed by atoms with Crippen LogP contribution in [0.5, 0.6) is 0 Å². The van der Waals surface area contributed by atoms with Crippen molar-refractivity contribution in [1.82, 2.24) is 5.43 Å². The summed E-state index contributed by atoms with van der Waals surface area (Å²) in [7, 11) is 0. The molecule has 0 aliphatic rings. The molecule has 0 aliphatic carbocycles. The molecular weight excluding hydrogens is 217 g/mol. The first-order chi connectivity index (χ1) is 7.42. The maximum Gasteiger partial charge on any atom is 0.389 e. The average molecular weight is 232 g/mol. The van der Waals surface area contributed by atoms with E-state index in [0.717, 1.165) is 11.1 Å². The minimum absolute atomic E-state index is 0.0521. The van der Waals surface area contributed by atoms with Gasteiger partial charge in [0, 0.05) is 12.5 Å². The molecular formula is C11H15F3N2. The second kappa shape index (κ2) is 5.32. The van der Waals surface area contributed by atoms with Gasteiger partial charge in [-0.05, 0) is 18.9 Å². The van der Waals surface area contributed by atoms with Gasteiger partial charge in [0.25, 0.3) is 0 Å². The van der Waals surface area contributed by atoms with E-state index < -0.39 is 18.6 Å². The lowest BCUT2D eigenvalue weighted by Gasteiger charge is -2.17. The Kier molecular flexibility index (Phi) is 4.32. The Morgan fingerprint density at radius 3 is 2.56 bits per heavy atom. The second-order valence-electron chi connectivity index (χ2n) is 3.79. The Balaban J connectivity index is 2.68. The van der Waals surface area contributed by atoms with Crippen molar-refractivity contribution in [3.05, 3.63) is 35.4 Å². The Labute approximate surface area is 92.6 Å². The van der Waals surface area contributed by atoms with Crippen LogP contribution in [0.3, 0.4) is 0 Å². The predicted octanol–water partition coefficient (Wildman–Crippen LogP) is 2.84. The van der Waals surface area contributed by atoms with Gasteiger partial charge in [-0.3, -0.25) is 11.3 Å². The van der Waals surface area contributed by atoms with Crippen molar-refractivity contribution < 1.29 is 13.2 Å². The van der Waals surface area contributed by atoms with Gasteiger partial charge in [-0.1, -0.05) is 29.8 Å². The maximum absolute atomic E-state index is 12.1. The summed E-state index contributed by atoms with van der Waals surface area (Å²) < 4.78 is 36.2. The molecule has 0 amide bonds. The number of nitrogens with one attached hydrogen (secondary N) is 1. The maximum atomic E-state index is 12.1. The van der Waals surface area contributed by atoms with Gasteiger partial charge < -0.3 is 0 Å². The van der Waals surface area contributed by atoms with E-state index in [4.69, 9.17) is 5.84 Å². The molecule has 0 saturated carbocycles. The number of hydrazine groups is 1. The van der Waals surface area contributed by atoms with Crippen molar-refractivity contribution in [2.24, 2.45) is 5.84 Å². The molecule has 3 N–H and O–H groups in total. The monoisotopic (exact) mass is 232 g/mol. The third-order valence-corrected chi connectivity index (χ3v) is 2.36. The van der Waals surface area contributed by atoms with Gasteiger partial charge in [0.15, 0.2) is 0 Å². The molecule has 0 heterocycles. The van der Waals surface area contributed by atoms with Gasteiger partial charge in [-0.2, -0.15) is 13.2 Å². The fraction of sp³-hybridized carbons (Fsp3) is 0.455. The summed E-state index contributed by atoms with van der Waals surface area (Å²) in [6, 6.07) is 6.85. The van der Waals surface area contributed by atoms with Crippen molar-refractivity contribution in [1.29, 1.82) is 0 Å². The molecule has 0 fully saturated rings. The van der Waals surface area contributed by atoms with Crippen LogP contribution in [-0.2, 0) is 0 Å². The number of hydrogen-bond acceptors (Lipinski definition) is 2.